The number of carbonyl (C=O) groups excluding carboxylic acids is 3. The molecule has 3 aromatic rings. The van der Waals surface area contributed by atoms with Gasteiger partial charge in [0.05, 0.1) is 31.0 Å². The van der Waals surface area contributed by atoms with E-state index in [4.69, 9.17) is 9.47 Å². The van der Waals surface area contributed by atoms with Crippen LogP contribution in [-0.4, -0.2) is 31.9 Å². The van der Waals surface area contributed by atoms with Crippen molar-refractivity contribution >= 4 is 51.1 Å². The number of nitrogens with one attached hydrogen (secondary N) is 1. The standard InChI is InChI=1S/C25H19BrN2O5/c1-32-21-11-8-16(26)13-15(21)7-12-23(29)27-17-9-10-20(22(14-17)33-2)28-24(30)18-5-3-4-6-19(18)25(28)31/h3-14H,1-2H3,(H,27,29)/b12-7+. The molecule has 0 aliphatic carbocycles. The Morgan fingerprint density at radius 3 is 2.21 bits per heavy atom. The molecule has 0 bridgehead atoms. The summed E-state index contributed by atoms with van der Waals surface area (Å²) >= 11 is 3.40. The maximum Gasteiger partial charge on any atom is 0.266 e. The van der Waals surface area contributed by atoms with Crippen LogP contribution in [0.1, 0.15) is 26.3 Å². The lowest BCUT2D eigenvalue weighted by Gasteiger charge is -2.18. The number of rotatable bonds is 6. The van der Waals surface area contributed by atoms with E-state index < -0.39 is 11.8 Å². The topological polar surface area (TPSA) is 84.9 Å². The number of hydrogen-bond donors (Lipinski definition) is 1. The van der Waals surface area contributed by atoms with Crippen LogP contribution in [0.4, 0.5) is 11.4 Å². The fourth-order valence-corrected chi connectivity index (χ4v) is 3.91. The van der Waals surface area contributed by atoms with Crippen molar-refractivity contribution in [3.8, 4) is 11.5 Å². The van der Waals surface area contributed by atoms with E-state index >= 15 is 0 Å². The molecule has 0 radical (unpaired) electrons. The maximum absolute atomic E-state index is 12.8. The van der Waals surface area contributed by atoms with E-state index in [9.17, 15) is 14.4 Å². The third kappa shape index (κ3) is 4.38. The van der Waals surface area contributed by atoms with Gasteiger partial charge < -0.3 is 14.8 Å². The summed E-state index contributed by atoms with van der Waals surface area (Å²) in [4.78, 5) is 39.1. The summed E-state index contributed by atoms with van der Waals surface area (Å²) in [6, 6.07) is 16.9. The number of amides is 3. The van der Waals surface area contributed by atoms with Gasteiger partial charge in [-0.2, -0.15) is 0 Å². The predicted molar refractivity (Wildman–Crippen MR) is 129 cm³/mol. The molecule has 0 unspecified atom stereocenters. The smallest absolute Gasteiger partial charge is 0.266 e. The molecule has 166 valence electrons. The number of ether oxygens (including phenoxy) is 2. The summed E-state index contributed by atoms with van der Waals surface area (Å²) in [7, 11) is 2.99. The first kappa shape index (κ1) is 22.3. The zero-order valence-corrected chi connectivity index (χ0v) is 19.4. The van der Waals surface area contributed by atoms with Crippen LogP contribution in [-0.2, 0) is 4.79 Å². The number of methoxy groups -OCH3 is 2. The number of nitrogens with zero attached hydrogens (tertiary/aromatic N) is 1. The molecule has 3 amide bonds. The summed E-state index contributed by atoms with van der Waals surface area (Å²) in [6.07, 6.45) is 3.03. The SMILES string of the molecule is COc1ccc(Br)cc1/C=C/C(=O)Nc1ccc(N2C(=O)c3ccccc3C2=O)c(OC)c1. The van der Waals surface area contributed by atoms with Crippen LogP contribution >= 0.6 is 15.9 Å². The first-order valence-corrected chi connectivity index (χ1v) is 10.7. The van der Waals surface area contributed by atoms with Crippen LogP contribution in [0.25, 0.3) is 6.08 Å². The second kappa shape index (κ2) is 9.30. The summed E-state index contributed by atoms with van der Waals surface area (Å²) < 4.78 is 11.6. The van der Waals surface area contributed by atoms with Gasteiger partial charge in [-0.05, 0) is 48.5 Å². The van der Waals surface area contributed by atoms with Gasteiger partial charge in [0.25, 0.3) is 11.8 Å². The van der Waals surface area contributed by atoms with Crippen LogP contribution in [0.2, 0.25) is 0 Å². The molecular weight excluding hydrogens is 488 g/mol. The molecule has 1 N–H and O–H groups in total. The largest absolute Gasteiger partial charge is 0.496 e. The first-order chi connectivity index (χ1) is 15.9. The third-order valence-electron chi connectivity index (χ3n) is 5.09. The van der Waals surface area contributed by atoms with Crippen molar-refractivity contribution in [1.82, 2.24) is 0 Å². The molecule has 1 aliphatic rings. The lowest BCUT2D eigenvalue weighted by molar-refractivity contribution is -0.111. The van der Waals surface area contributed by atoms with Crippen LogP contribution in [0.3, 0.4) is 0 Å². The van der Waals surface area contributed by atoms with E-state index in [-0.39, 0.29) is 11.7 Å². The Hall–Kier alpha value is -3.91. The summed E-state index contributed by atoms with van der Waals surface area (Å²) in [5, 5.41) is 2.75. The van der Waals surface area contributed by atoms with Gasteiger partial charge >= 0.3 is 0 Å². The predicted octanol–water partition coefficient (Wildman–Crippen LogP) is 4.92. The highest BCUT2D eigenvalue weighted by atomic mass is 79.9. The van der Waals surface area contributed by atoms with Crippen LogP contribution < -0.4 is 19.7 Å². The minimum atomic E-state index is -0.420. The highest BCUT2D eigenvalue weighted by Crippen LogP contribution is 2.36. The van der Waals surface area contributed by atoms with E-state index in [2.05, 4.69) is 21.2 Å². The van der Waals surface area contributed by atoms with Gasteiger partial charge in [-0.25, -0.2) is 4.90 Å². The molecule has 0 spiro atoms. The summed E-state index contributed by atoms with van der Waals surface area (Å²) in [6.45, 7) is 0. The molecule has 0 atom stereocenters. The second-order valence-electron chi connectivity index (χ2n) is 7.09. The number of anilines is 2. The van der Waals surface area contributed by atoms with Crippen molar-refractivity contribution in [2.75, 3.05) is 24.4 Å². The molecule has 4 rings (SSSR count). The fourth-order valence-electron chi connectivity index (χ4n) is 3.53. The van der Waals surface area contributed by atoms with Gasteiger partial charge in [-0.3, -0.25) is 14.4 Å². The minimum absolute atomic E-state index is 0.278. The molecule has 0 saturated heterocycles. The molecule has 1 aliphatic heterocycles. The monoisotopic (exact) mass is 506 g/mol. The molecule has 7 nitrogen and oxygen atoms in total. The van der Waals surface area contributed by atoms with Gasteiger partial charge in [-0.15, -0.1) is 0 Å². The average molecular weight is 507 g/mol. The molecular formula is C25H19BrN2O5. The lowest BCUT2D eigenvalue weighted by Crippen LogP contribution is -2.29. The van der Waals surface area contributed by atoms with Crippen LogP contribution in [0.15, 0.2) is 71.2 Å². The van der Waals surface area contributed by atoms with Gasteiger partial charge in [0, 0.05) is 27.9 Å². The van der Waals surface area contributed by atoms with Crippen molar-refractivity contribution in [2.45, 2.75) is 0 Å². The van der Waals surface area contributed by atoms with Crippen molar-refractivity contribution in [3.63, 3.8) is 0 Å². The van der Waals surface area contributed by atoms with Crippen LogP contribution in [0, 0.1) is 0 Å². The normalized spacial score (nSPS) is 12.8. The highest BCUT2D eigenvalue weighted by Gasteiger charge is 2.37. The highest BCUT2D eigenvalue weighted by molar-refractivity contribution is 9.10. The average Bonchev–Trinajstić information content (AvgIpc) is 3.08. The zero-order valence-electron chi connectivity index (χ0n) is 17.8. The van der Waals surface area contributed by atoms with Crippen LogP contribution in [0.5, 0.6) is 11.5 Å². The minimum Gasteiger partial charge on any atom is -0.496 e. The number of carbonyl (C=O) groups is 3. The Bertz CT molecular complexity index is 1270. The lowest BCUT2D eigenvalue weighted by atomic mass is 10.1. The summed E-state index contributed by atoms with van der Waals surface area (Å²) in [5.74, 6) is -0.296. The van der Waals surface area contributed by atoms with E-state index in [0.29, 0.717) is 28.3 Å². The Morgan fingerprint density at radius 2 is 1.58 bits per heavy atom. The molecule has 8 heteroatoms. The Balaban J connectivity index is 1.55. The second-order valence-corrected chi connectivity index (χ2v) is 8.00. The van der Waals surface area contributed by atoms with Gasteiger partial charge in [-0.1, -0.05) is 28.1 Å². The molecule has 0 saturated carbocycles. The van der Waals surface area contributed by atoms with E-state index in [1.807, 2.05) is 12.1 Å². The Kier molecular flexibility index (Phi) is 6.28. The van der Waals surface area contributed by atoms with E-state index in [1.165, 1.54) is 13.2 Å². The van der Waals surface area contributed by atoms with Crippen molar-refractivity contribution in [2.24, 2.45) is 0 Å². The number of benzene rings is 3. The van der Waals surface area contributed by atoms with Crippen molar-refractivity contribution in [3.05, 3.63) is 87.9 Å². The molecule has 0 aromatic heterocycles. The number of imide groups is 1. The fraction of sp³-hybridized carbons (Fsp3) is 0.0800. The number of fused-ring (bicyclic) bond motifs is 1. The third-order valence-corrected chi connectivity index (χ3v) is 5.58. The number of halogens is 1. The van der Waals surface area contributed by atoms with Gasteiger partial charge in [0.1, 0.15) is 11.5 Å². The first-order valence-electron chi connectivity index (χ1n) is 9.91. The quantitative estimate of drug-likeness (QED) is 0.378. The van der Waals surface area contributed by atoms with E-state index in [1.54, 1.807) is 61.7 Å². The van der Waals surface area contributed by atoms with Crippen molar-refractivity contribution in [1.29, 1.82) is 0 Å². The Morgan fingerprint density at radius 1 is 0.909 bits per heavy atom. The summed E-state index contributed by atoms with van der Waals surface area (Å²) in [5.41, 5.74) is 2.17. The molecule has 0 fully saturated rings. The molecule has 1 heterocycles. The van der Waals surface area contributed by atoms with Gasteiger partial charge in [0.2, 0.25) is 5.91 Å². The zero-order chi connectivity index (χ0) is 23.5. The Labute approximate surface area is 198 Å². The van der Waals surface area contributed by atoms with Gasteiger partial charge in [0.15, 0.2) is 0 Å². The van der Waals surface area contributed by atoms with Crippen molar-refractivity contribution < 1.29 is 23.9 Å². The molecule has 3 aromatic carbocycles. The molecule has 33 heavy (non-hydrogen) atoms. The maximum atomic E-state index is 12.8. The number of hydrogen-bond acceptors (Lipinski definition) is 5. The van der Waals surface area contributed by atoms with E-state index in [0.717, 1.165) is 14.9 Å².